The predicted octanol–water partition coefficient (Wildman–Crippen LogP) is 2.21. The third-order valence-electron chi connectivity index (χ3n) is 2.12. The molecule has 0 aromatic carbocycles. The highest BCUT2D eigenvalue weighted by Gasteiger charge is 2.13. The van der Waals surface area contributed by atoms with Crippen LogP contribution in [0, 0.1) is 5.92 Å². The smallest absolute Gasteiger partial charge is 0.134 e. The molecule has 1 unspecified atom stereocenters. The summed E-state index contributed by atoms with van der Waals surface area (Å²) in [4.78, 5) is 7.90. The lowest BCUT2D eigenvalue weighted by atomic mass is 10.1. The number of methoxy groups -OCH3 is 1. The molecule has 0 saturated heterocycles. The SMILES string of the molecule is COCC(Nc1cc(Cl)ncn1)C(C)C. The molecule has 0 aliphatic rings. The van der Waals surface area contributed by atoms with Gasteiger partial charge in [-0.2, -0.15) is 0 Å². The summed E-state index contributed by atoms with van der Waals surface area (Å²) >= 11 is 5.76. The second-order valence-corrected chi connectivity index (χ2v) is 4.06. The first-order valence-corrected chi connectivity index (χ1v) is 5.24. The minimum Gasteiger partial charge on any atom is -0.383 e. The van der Waals surface area contributed by atoms with E-state index in [2.05, 4.69) is 29.1 Å². The average Bonchev–Trinajstić information content (AvgIpc) is 2.17. The van der Waals surface area contributed by atoms with Crippen molar-refractivity contribution >= 4 is 17.4 Å². The molecular formula is C10H16ClN3O. The maximum atomic E-state index is 5.76. The average molecular weight is 230 g/mol. The molecule has 1 rings (SSSR count). The zero-order chi connectivity index (χ0) is 11.3. The van der Waals surface area contributed by atoms with E-state index in [1.165, 1.54) is 6.33 Å². The first-order chi connectivity index (χ1) is 7.13. The van der Waals surface area contributed by atoms with Crippen molar-refractivity contribution in [3.05, 3.63) is 17.5 Å². The summed E-state index contributed by atoms with van der Waals surface area (Å²) in [5.74, 6) is 1.18. The maximum Gasteiger partial charge on any atom is 0.134 e. The maximum absolute atomic E-state index is 5.76. The summed E-state index contributed by atoms with van der Waals surface area (Å²) in [5.41, 5.74) is 0. The Balaban J connectivity index is 2.65. The van der Waals surface area contributed by atoms with Crippen molar-refractivity contribution in [1.29, 1.82) is 0 Å². The Bertz CT molecular complexity index is 306. The van der Waals surface area contributed by atoms with Crippen LogP contribution in [-0.4, -0.2) is 29.7 Å². The van der Waals surface area contributed by atoms with Crippen LogP contribution in [0.3, 0.4) is 0 Å². The topological polar surface area (TPSA) is 47.0 Å². The van der Waals surface area contributed by atoms with Gasteiger partial charge in [0.2, 0.25) is 0 Å². The van der Waals surface area contributed by atoms with E-state index in [0.29, 0.717) is 17.7 Å². The zero-order valence-corrected chi connectivity index (χ0v) is 9.95. The first-order valence-electron chi connectivity index (χ1n) is 4.86. The van der Waals surface area contributed by atoms with Crippen LogP contribution >= 0.6 is 11.6 Å². The summed E-state index contributed by atoms with van der Waals surface area (Å²) in [5, 5.41) is 3.70. The summed E-state index contributed by atoms with van der Waals surface area (Å²) in [7, 11) is 1.68. The largest absolute Gasteiger partial charge is 0.383 e. The van der Waals surface area contributed by atoms with Crippen LogP contribution in [0.15, 0.2) is 12.4 Å². The van der Waals surface area contributed by atoms with Crippen molar-refractivity contribution in [3.8, 4) is 0 Å². The van der Waals surface area contributed by atoms with Crippen molar-refractivity contribution in [1.82, 2.24) is 9.97 Å². The van der Waals surface area contributed by atoms with Crippen LogP contribution in [0.2, 0.25) is 5.15 Å². The van der Waals surface area contributed by atoms with E-state index in [-0.39, 0.29) is 6.04 Å². The minimum atomic E-state index is 0.223. The van der Waals surface area contributed by atoms with Gasteiger partial charge in [0.1, 0.15) is 17.3 Å². The summed E-state index contributed by atoms with van der Waals surface area (Å²) < 4.78 is 5.13. The number of ether oxygens (including phenoxy) is 1. The third-order valence-corrected chi connectivity index (χ3v) is 2.32. The van der Waals surface area contributed by atoms with E-state index in [9.17, 15) is 0 Å². The van der Waals surface area contributed by atoms with Crippen molar-refractivity contribution in [2.24, 2.45) is 5.92 Å². The normalized spacial score (nSPS) is 12.9. The van der Waals surface area contributed by atoms with Crippen molar-refractivity contribution in [2.75, 3.05) is 19.0 Å². The highest BCUT2D eigenvalue weighted by atomic mass is 35.5. The molecule has 5 heteroatoms. The van der Waals surface area contributed by atoms with Crippen LogP contribution in [-0.2, 0) is 4.74 Å². The number of hydrogen-bond donors (Lipinski definition) is 1. The van der Waals surface area contributed by atoms with Gasteiger partial charge < -0.3 is 10.1 Å². The van der Waals surface area contributed by atoms with Gasteiger partial charge in [0.15, 0.2) is 0 Å². The highest BCUT2D eigenvalue weighted by molar-refractivity contribution is 6.29. The van der Waals surface area contributed by atoms with E-state index < -0.39 is 0 Å². The lowest BCUT2D eigenvalue weighted by Gasteiger charge is -2.21. The fraction of sp³-hybridized carbons (Fsp3) is 0.600. The van der Waals surface area contributed by atoms with Gasteiger partial charge in [-0.25, -0.2) is 9.97 Å². The lowest BCUT2D eigenvalue weighted by molar-refractivity contribution is 0.171. The van der Waals surface area contributed by atoms with E-state index in [1.54, 1.807) is 13.2 Å². The summed E-state index contributed by atoms with van der Waals surface area (Å²) in [6.07, 6.45) is 1.44. The molecule has 0 amide bonds. The highest BCUT2D eigenvalue weighted by Crippen LogP contribution is 2.13. The minimum absolute atomic E-state index is 0.223. The van der Waals surface area contributed by atoms with E-state index in [4.69, 9.17) is 16.3 Å². The summed E-state index contributed by atoms with van der Waals surface area (Å²) in [6.45, 7) is 4.89. The first kappa shape index (κ1) is 12.2. The Hall–Kier alpha value is -0.870. The Morgan fingerprint density at radius 2 is 2.20 bits per heavy atom. The fourth-order valence-corrected chi connectivity index (χ4v) is 1.33. The molecule has 0 fully saturated rings. The van der Waals surface area contributed by atoms with E-state index in [0.717, 1.165) is 5.82 Å². The van der Waals surface area contributed by atoms with Crippen molar-refractivity contribution in [3.63, 3.8) is 0 Å². The number of nitrogens with zero attached hydrogens (tertiary/aromatic N) is 2. The quantitative estimate of drug-likeness (QED) is 0.787. The Morgan fingerprint density at radius 3 is 2.73 bits per heavy atom. The van der Waals surface area contributed by atoms with E-state index >= 15 is 0 Å². The summed E-state index contributed by atoms with van der Waals surface area (Å²) in [6, 6.07) is 1.92. The fourth-order valence-electron chi connectivity index (χ4n) is 1.18. The van der Waals surface area contributed by atoms with E-state index in [1.807, 2.05) is 0 Å². The number of nitrogens with one attached hydrogen (secondary N) is 1. The monoisotopic (exact) mass is 229 g/mol. The molecular weight excluding hydrogens is 214 g/mol. The molecule has 1 aromatic rings. The second kappa shape index (κ2) is 5.88. The molecule has 0 bridgehead atoms. The molecule has 0 aliphatic heterocycles. The predicted molar refractivity (Wildman–Crippen MR) is 61.2 cm³/mol. The molecule has 84 valence electrons. The van der Waals surface area contributed by atoms with Crippen molar-refractivity contribution in [2.45, 2.75) is 19.9 Å². The molecule has 1 N–H and O–H groups in total. The molecule has 0 aliphatic carbocycles. The zero-order valence-electron chi connectivity index (χ0n) is 9.20. The van der Waals surface area contributed by atoms with Gasteiger partial charge in [-0.1, -0.05) is 25.4 Å². The third kappa shape index (κ3) is 4.01. The number of rotatable bonds is 5. The second-order valence-electron chi connectivity index (χ2n) is 3.68. The molecule has 0 saturated carbocycles. The van der Waals surface area contributed by atoms with Crippen molar-refractivity contribution < 1.29 is 4.74 Å². The van der Waals surface area contributed by atoms with Gasteiger partial charge in [-0.05, 0) is 5.92 Å². The molecule has 1 atom stereocenters. The van der Waals surface area contributed by atoms with Crippen LogP contribution in [0.4, 0.5) is 5.82 Å². The van der Waals surface area contributed by atoms with Crippen LogP contribution in [0.5, 0.6) is 0 Å². The van der Waals surface area contributed by atoms with Crippen LogP contribution in [0.1, 0.15) is 13.8 Å². The Kier molecular flexibility index (Phi) is 4.78. The van der Waals surface area contributed by atoms with Gasteiger partial charge in [-0.15, -0.1) is 0 Å². The lowest BCUT2D eigenvalue weighted by Crippen LogP contribution is -2.30. The molecule has 4 nitrogen and oxygen atoms in total. The number of hydrogen-bond acceptors (Lipinski definition) is 4. The number of halogens is 1. The Morgan fingerprint density at radius 1 is 1.47 bits per heavy atom. The van der Waals surface area contributed by atoms with Gasteiger partial charge in [-0.3, -0.25) is 0 Å². The molecule has 0 spiro atoms. The molecule has 1 heterocycles. The molecule has 0 radical (unpaired) electrons. The Labute approximate surface area is 95.0 Å². The van der Waals surface area contributed by atoms with Crippen LogP contribution < -0.4 is 5.32 Å². The van der Waals surface area contributed by atoms with Gasteiger partial charge >= 0.3 is 0 Å². The molecule has 1 aromatic heterocycles. The standard InChI is InChI=1S/C10H16ClN3O/c1-7(2)8(5-15-3)14-10-4-9(11)12-6-13-10/h4,6-8H,5H2,1-3H3,(H,12,13,14). The number of anilines is 1. The van der Waals surface area contributed by atoms with Crippen LogP contribution in [0.25, 0.3) is 0 Å². The molecule has 15 heavy (non-hydrogen) atoms. The van der Waals surface area contributed by atoms with Gasteiger partial charge in [0.05, 0.1) is 12.6 Å². The van der Waals surface area contributed by atoms with Gasteiger partial charge in [0.25, 0.3) is 0 Å². The van der Waals surface area contributed by atoms with Gasteiger partial charge in [0, 0.05) is 13.2 Å². The number of aromatic nitrogens is 2.